The molecule has 0 spiro atoms. The minimum atomic E-state index is -0.769. The highest BCUT2D eigenvalue weighted by molar-refractivity contribution is 6.19. The first-order chi connectivity index (χ1) is 12.4. The summed E-state index contributed by atoms with van der Waals surface area (Å²) in [5, 5.41) is 30.1. The van der Waals surface area contributed by atoms with E-state index in [1.807, 2.05) is 0 Å². The predicted molar refractivity (Wildman–Crippen MR) is 90.9 cm³/mol. The van der Waals surface area contributed by atoms with Gasteiger partial charge in [0.1, 0.15) is 17.5 Å². The molecule has 1 heterocycles. The second-order valence-corrected chi connectivity index (χ2v) is 5.40. The largest absolute Gasteiger partial charge is 0.502 e. The van der Waals surface area contributed by atoms with Crippen LogP contribution in [0.25, 0.3) is 17.0 Å². The maximum absolute atomic E-state index is 13.3. The van der Waals surface area contributed by atoms with Crippen LogP contribution in [0.5, 0.6) is 5.75 Å². The molecule has 128 valence electrons. The van der Waals surface area contributed by atoms with Crippen LogP contribution in [-0.4, -0.2) is 20.8 Å². The van der Waals surface area contributed by atoms with Crippen molar-refractivity contribution in [1.29, 1.82) is 5.26 Å². The lowest BCUT2D eigenvalue weighted by molar-refractivity contribution is -0.385. The molecule has 2 N–H and O–H groups in total. The van der Waals surface area contributed by atoms with Crippen molar-refractivity contribution >= 4 is 28.4 Å². The number of nitro groups is 1. The van der Waals surface area contributed by atoms with Gasteiger partial charge in [0.05, 0.1) is 4.92 Å². The molecule has 3 rings (SSSR count). The van der Waals surface area contributed by atoms with Gasteiger partial charge < -0.3 is 10.1 Å². The molecule has 3 aromatic rings. The molecule has 0 amide bonds. The highest BCUT2D eigenvalue weighted by atomic mass is 19.1. The Morgan fingerprint density at radius 1 is 1.31 bits per heavy atom. The van der Waals surface area contributed by atoms with E-state index in [0.29, 0.717) is 10.9 Å². The number of hydrogen-bond acceptors (Lipinski definition) is 5. The Labute approximate surface area is 145 Å². The normalized spacial score (nSPS) is 11.3. The Morgan fingerprint density at radius 2 is 2.08 bits per heavy atom. The van der Waals surface area contributed by atoms with E-state index < -0.39 is 28.0 Å². The topological polar surface area (TPSA) is 120 Å². The van der Waals surface area contributed by atoms with Crippen molar-refractivity contribution in [3.05, 3.63) is 75.2 Å². The molecule has 0 radical (unpaired) electrons. The summed E-state index contributed by atoms with van der Waals surface area (Å²) in [4.78, 5) is 25.5. The molecule has 0 aliphatic rings. The van der Waals surface area contributed by atoms with Gasteiger partial charge in [-0.15, -0.1) is 0 Å². The van der Waals surface area contributed by atoms with Gasteiger partial charge in [-0.1, -0.05) is 6.07 Å². The molecule has 7 nitrogen and oxygen atoms in total. The van der Waals surface area contributed by atoms with E-state index in [1.54, 1.807) is 6.07 Å². The number of nitrogens with zero attached hydrogens (tertiary/aromatic N) is 2. The minimum absolute atomic E-state index is 0.182. The van der Waals surface area contributed by atoms with Gasteiger partial charge in [-0.25, -0.2) is 4.39 Å². The lowest BCUT2D eigenvalue weighted by Gasteiger charge is -2.00. The lowest BCUT2D eigenvalue weighted by atomic mass is 10.0. The van der Waals surface area contributed by atoms with Gasteiger partial charge >= 0.3 is 5.69 Å². The first kappa shape index (κ1) is 16.9. The lowest BCUT2D eigenvalue weighted by Crippen LogP contribution is -2.01. The van der Waals surface area contributed by atoms with Crippen molar-refractivity contribution in [2.45, 2.75) is 0 Å². The number of nitro benzene ring substituents is 1. The van der Waals surface area contributed by atoms with Gasteiger partial charge in [0.15, 0.2) is 5.75 Å². The molecule has 0 fully saturated rings. The van der Waals surface area contributed by atoms with Crippen molar-refractivity contribution in [1.82, 2.24) is 4.98 Å². The molecule has 0 bridgehead atoms. The SMILES string of the molecule is N#C/C(=C\c1ccc(O)c([N+](=O)[O-])c1)C(=O)c1c[nH]c2cc(F)ccc12. The number of halogens is 1. The maximum Gasteiger partial charge on any atom is 0.311 e. The van der Waals surface area contributed by atoms with Crippen molar-refractivity contribution < 1.29 is 19.2 Å². The number of carbonyl (C=O) groups is 1. The number of rotatable bonds is 4. The predicted octanol–water partition coefficient (Wildman–Crippen LogP) is 3.71. The van der Waals surface area contributed by atoms with Crippen LogP contribution >= 0.6 is 0 Å². The summed E-state index contributed by atoms with van der Waals surface area (Å²) in [7, 11) is 0. The number of hydrogen-bond donors (Lipinski definition) is 2. The van der Waals surface area contributed by atoms with Crippen molar-refractivity contribution in [3.8, 4) is 11.8 Å². The Kier molecular flexibility index (Phi) is 4.21. The van der Waals surface area contributed by atoms with E-state index >= 15 is 0 Å². The summed E-state index contributed by atoms with van der Waals surface area (Å²) in [6.45, 7) is 0. The smallest absolute Gasteiger partial charge is 0.311 e. The van der Waals surface area contributed by atoms with E-state index in [1.165, 1.54) is 36.5 Å². The van der Waals surface area contributed by atoms with Gasteiger partial charge in [0, 0.05) is 28.7 Å². The zero-order chi connectivity index (χ0) is 18.8. The number of phenols is 1. The number of nitrogens with one attached hydrogen (secondary N) is 1. The molecule has 1 aromatic heterocycles. The monoisotopic (exact) mass is 351 g/mol. The number of benzene rings is 2. The molecule has 0 atom stereocenters. The third kappa shape index (κ3) is 3.01. The number of carbonyl (C=O) groups excluding carboxylic acids is 1. The number of Topliss-reactive ketones (excluding diaryl/α,β-unsaturated/α-hetero) is 1. The summed E-state index contributed by atoms with van der Waals surface area (Å²) in [5.41, 5.74) is 0.0125. The second kappa shape index (κ2) is 6.49. The molecular weight excluding hydrogens is 341 g/mol. The third-order valence-electron chi connectivity index (χ3n) is 3.76. The second-order valence-electron chi connectivity index (χ2n) is 5.40. The molecule has 26 heavy (non-hydrogen) atoms. The van der Waals surface area contributed by atoms with Crippen LogP contribution in [0.4, 0.5) is 10.1 Å². The number of fused-ring (bicyclic) bond motifs is 1. The van der Waals surface area contributed by atoms with Crippen LogP contribution in [0.3, 0.4) is 0 Å². The van der Waals surface area contributed by atoms with Crippen LogP contribution in [0.1, 0.15) is 15.9 Å². The van der Waals surface area contributed by atoms with Crippen molar-refractivity contribution in [2.75, 3.05) is 0 Å². The van der Waals surface area contributed by atoms with Crippen LogP contribution < -0.4 is 0 Å². The molecule has 0 unspecified atom stereocenters. The van der Waals surface area contributed by atoms with E-state index in [4.69, 9.17) is 0 Å². The molecule has 2 aromatic carbocycles. The van der Waals surface area contributed by atoms with E-state index in [2.05, 4.69) is 4.98 Å². The molecule has 0 saturated heterocycles. The number of phenolic OH excluding ortho intramolecular Hbond substituents is 1. The summed E-state index contributed by atoms with van der Waals surface area (Å²) in [6.07, 6.45) is 2.56. The third-order valence-corrected chi connectivity index (χ3v) is 3.76. The summed E-state index contributed by atoms with van der Waals surface area (Å²) >= 11 is 0. The minimum Gasteiger partial charge on any atom is -0.502 e. The van der Waals surface area contributed by atoms with Gasteiger partial charge in [0.2, 0.25) is 5.78 Å². The summed E-state index contributed by atoms with van der Waals surface area (Å²) in [5.74, 6) is -1.59. The zero-order valence-corrected chi connectivity index (χ0v) is 13.1. The average molecular weight is 351 g/mol. The molecule has 0 aliphatic heterocycles. The first-order valence-corrected chi connectivity index (χ1v) is 7.31. The standard InChI is InChI=1S/C18H10FN3O4/c19-12-2-3-13-14(9-21-15(13)7-12)18(24)11(8-20)5-10-1-4-17(23)16(6-10)22(25)26/h1-7,9,21,23H/b11-5+. The van der Waals surface area contributed by atoms with Crippen LogP contribution in [0, 0.1) is 27.3 Å². The molecule has 0 aliphatic carbocycles. The Hall–Kier alpha value is -3.99. The van der Waals surface area contributed by atoms with Crippen LogP contribution in [-0.2, 0) is 0 Å². The Bertz CT molecular complexity index is 1130. The zero-order valence-electron chi connectivity index (χ0n) is 13.1. The highest BCUT2D eigenvalue weighted by Crippen LogP contribution is 2.28. The number of H-pyrrole nitrogens is 1. The number of aromatic amines is 1. The maximum atomic E-state index is 13.3. The van der Waals surface area contributed by atoms with Gasteiger partial charge in [-0.3, -0.25) is 14.9 Å². The Morgan fingerprint density at radius 3 is 2.77 bits per heavy atom. The Balaban J connectivity index is 2.04. The van der Waals surface area contributed by atoms with Gasteiger partial charge in [-0.2, -0.15) is 5.26 Å². The molecular formula is C18H10FN3O4. The van der Waals surface area contributed by atoms with Crippen molar-refractivity contribution in [3.63, 3.8) is 0 Å². The number of ketones is 1. The number of aromatic hydroxyl groups is 1. The fourth-order valence-electron chi connectivity index (χ4n) is 2.52. The number of aromatic nitrogens is 1. The van der Waals surface area contributed by atoms with Gasteiger partial charge in [0.25, 0.3) is 0 Å². The van der Waals surface area contributed by atoms with Crippen LogP contribution in [0.15, 0.2) is 48.2 Å². The highest BCUT2D eigenvalue weighted by Gasteiger charge is 2.18. The summed E-state index contributed by atoms with van der Waals surface area (Å²) < 4.78 is 13.3. The van der Waals surface area contributed by atoms with E-state index in [0.717, 1.165) is 12.1 Å². The molecule has 8 heteroatoms. The average Bonchev–Trinajstić information content (AvgIpc) is 3.03. The number of nitriles is 1. The first-order valence-electron chi connectivity index (χ1n) is 7.31. The molecule has 0 saturated carbocycles. The summed E-state index contributed by atoms with van der Waals surface area (Å²) in [6, 6.07) is 9.14. The van der Waals surface area contributed by atoms with Crippen LogP contribution in [0.2, 0.25) is 0 Å². The fourth-order valence-corrected chi connectivity index (χ4v) is 2.52. The van der Waals surface area contributed by atoms with Gasteiger partial charge in [-0.05, 0) is 35.9 Å². The van der Waals surface area contributed by atoms with Crippen molar-refractivity contribution in [2.24, 2.45) is 0 Å². The van der Waals surface area contributed by atoms with E-state index in [9.17, 15) is 29.7 Å². The van der Waals surface area contributed by atoms with E-state index in [-0.39, 0.29) is 16.7 Å². The quantitative estimate of drug-likeness (QED) is 0.244. The number of allylic oxidation sites excluding steroid dienone is 1. The fraction of sp³-hybridized carbons (Fsp3) is 0.